The van der Waals surface area contributed by atoms with Crippen molar-refractivity contribution in [1.82, 2.24) is 10.2 Å². The monoisotopic (exact) mass is 720 g/mol. The molecule has 1 amide bonds. The summed E-state index contributed by atoms with van der Waals surface area (Å²) in [5.74, 6) is -0.0590. The smallest absolute Gasteiger partial charge is 0.410 e. The second-order valence-corrected chi connectivity index (χ2v) is 22.6. The Hall–Kier alpha value is -3.13. The number of sulfone groups is 1. The summed E-state index contributed by atoms with van der Waals surface area (Å²) < 4.78 is 50.0. The number of hydrogen-bond acceptors (Lipinski definition) is 9. The molecule has 2 N–H and O–H groups in total. The number of amides is 1. The lowest BCUT2D eigenvalue weighted by Gasteiger charge is -2.43. The van der Waals surface area contributed by atoms with Gasteiger partial charge < -0.3 is 34.0 Å². The number of carboxylic acid groups (broad SMARTS) is 1. The number of carboxylic acids is 1. The van der Waals surface area contributed by atoms with Crippen molar-refractivity contribution in [3.05, 3.63) is 48.0 Å². The molecule has 1 aliphatic rings. The number of carbonyl (C=O) groups is 2. The molecule has 1 heterocycles. The number of aliphatic carboxylic acids is 1. The number of methoxy groups -OCH3 is 2. The zero-order valence-electron chi connectivity index (χ0n) is 30.8. The molecule has 3 rings (SSSR count). The van der Waals surface area contributed by atoms with E-state index < -0.39 is 46.6 Å². The molecule has 2 atom stereocenters. The lowest BCUT2D eigenvalue weighted by Crippen LogP contribution is -2.62. The third kappa shape index (κ3) is 10.2. The van der Waals surface area contributed by atoms with Gasteiger partial charge in [-0.3, -0.25) is 4.79 Å². The molecular weight excluding hydrogens is 665 g/mol. The molecule has 0 aromatic heterocycles. The standard InChI is InChI=1S/C36H56N2O9SSi/c1-34(2,3)47-33(41)38-20-12-19-36(25-38,48(42,43)22-21-46-49(9,10)35(4,5)6)24-37-28(32(39)40)23-26-15-17-27(18-16-26)31-29(44-7)13-11-14-30(31)45-8/h11,13-18,28,37H,12,19-25H2,1-10H3,(H,39,40)/t28-,36?/m0/s1. The highest BCUT2D eigenvalue weighted by molar-refractivity contribution is 7.92. The van der Waals surface area contributed by atoms with Crippen LogP contribution < -0.4 is 14.8 Å². The van der Waals surface area contributed by atoms with E-state index in [2.05, 4.69) is 39.2 Å². The van der Waals surface area contributed by atoms with Gasteiger partial charge in [0, 0.05) is 26.2 Å². The summed E-state index contributed by atoms with van der Waals surface area (Å²) in [5, 5.41) is 13.2. The van der Waals surface area contributed by atoms with E-state index in [1.54, 1.807) is 35.0 Å². The second kappa shape index (κ2) is 15.8. The quantitative estimate of drug-likeness (QED) is 0.218. The number of likely N-dealkylation sites (tertiary alicyclic amines) is 1. The molecule has 11 nitrogen and oxygen atoms in total. The summed E-state index contributed by atoms with van der Waals surface area (Å²) in [6, 6.07) is 11.9. The fourth-order valence-corrected chi connectivity index (χ4v) is 8.70. The molecule has 0 radical (unpaired) electrons. The number of hydrogen-bond donors (Lipinski definition) is 2. The molecule has 1 aliphatic heterocycles. The zero-order valence-corrected chi connectivity index (χ0v) is 32.7. The Balaban J connectivity index is 1.87. The molecule has 274 valence electrons. The number of nitrogens with one attached hydrogen (secondary N) is 1. The molecule has 0 spiro atoms. The number of carbonyl (C=O) groups excluding carboxylic acids is 1. The molecule has 0 saturated carbocycles. The fraction of sp³-hybridized carbons (Fsp3) is 0.611. The minimum absolute atomic E-state index is 0.0265. The normalized spacial score (nSPS) is 18.1. The molecule has 1 unspecified atom stereocenters. The van der Waals surface area contributed by atoms with Crippen molar-refractivity contribution in [2.45, 2.75) is 95.3 Å². The van der Waals surface area contributed by atoms with E-state index in [0.717, 1.165) is 16.7 Å². The molecule has 13 heteroatoms. The van der Waals surface area contributed by atoms with Gasteiger partial charge in [-0.05, 0) is 81.4 Å². The topological polar surface area (TPSA) is 141 Å². The van der Waals surface area contributed by atoms with Crippen LogP contribution in [0.4, 0.5) is 4.79 Å². The van der Waals surface area contributed by atoms with Crippen LogP contribution in [-0.2, 0) is 30.2 Å². The Morgan fingerprint density at radius 2 is 1.59 bits per heavy atom. The predicted octanol–water partition coefficient (Wildman–Crippen LogP) is 6.16. The summed E-state index contributed by atoms with van der Waals surface area (Å²) in [7, 11) is -2.95. The van der Waals surface area contributed by atoms with E-state index in [1.807, 2.05) is 42.5 Å². The third-order valence-corrected chi connectivity index (χ3v) is 16.6. The number of ether oxygens (including phenoxy) is 3. The highest BCUT2D eigenvalue weighted by Crippen LogP contribution is 2.39. The van der Waals surface area contributed by atoms with Crippen molar-refractivity contribution in [1.29, 1.82) is 0 Å². The van der Waals surface area contributed by atoms with Gasteiger partial charge in [0.25, 0.3) is 0 Å². The number of nitrogens with zero attached hydrogens (tertiary/aromatic N) is 1. The minimum Gasteiger partial charge on any atom is -0.496 e. The van der Waals surface area contributed by atoms with E-state index in [1.165, 1.54) is 4.90 Å². The van der Waals surface area contributed by atoms with Crippen molar-refractivity contribution >= 4 is 30.2 Å². The number of benzene rings is 2. The molecule has 1 saturated heterocycles. The second-order valence-electron chi connectivity index (χ2n) is 15.3. The van der Waals surface area contributed by atoms with E-state index >= 15 is 0 Å². The van der Waals surface area contributed by atoms with Crippen molar-refractivity contribution in [3.8, 4) is 22.6 Å². The Kier molecular flexibility index (Phi) is 13.0. The van der Waals surface area contributed by atoms with Gasteiger partial charge >= 0.3 is 12.1 Å². The van der Waals surface area contributed by atoms with Gasteiger partial charge in [0.1, 0.15) is 27.9 Å². The first-order chi connectivity index (χ1) is 22.6. The van der Waals surface area contributed by atoms with E-state index in [9.17, 15) is 23.1 Å². The average Bonchev–Trinajstić information content (AvgIpc) is 3.01. The van der Waals surface area contributed by atoms with Crippen LogP contribution in [0.15, 0.2) is 42.5 Å². The Morgan fingerprint density at radius 1 is 1.00 bits per heavy atom. The Bertz CT molecular complexity index is 1530. The zero-order chi connectivity index (χ0) is 36.8. The van der Waals surface area contributed by atoms with Gasteiger partial charge in [-0.15, -0.1) is 0 Å². The van der Waals surface area contributed by atoms with Gasteiger partial charge in [-0.25, -0.2) is 13.2 Å². The Morgan fingerprint density at radius 3 is 2.10 bits per heavy atom. The number of rotatable bonds is 14. The summed E-state index contributed by atoms with van der Waals surface area (Å²) in [5.41, 5.74) is 1.61. The van der Waals surface area contributed by atoms with E-state index in [4.69, 9.17) is 18.6 Å². The molecule has 0 aliphatic carbocycles. The van der Waals surface area contributed by atoms with Crippen LogP contribution in [0.2, 0.25) is 18.1 Å². The van der Waals surface area contributed by atoms with Gasteiger partial charge in [-0.2, -0.15) is 0 Å². The van der Waals surface area contributed by atoms with Crippen LogP contribution in [0.1, 0.15) is 59.9 Å². The van der Waals surface area contributed by atoms with Crippen LogP contribution in [-0.4, -0.2) is 101 Å². The van der Waals surface area contributed by atoms with Gasteiger partial charge in [0.2, 0.25) is 0 Å². The molecule has 0 bridgehead atoms. The van der Waals surface area contributed by atoms with Gasteiger partial charge in [-0.1, -0.05) is 51.1 Å². The maximum absolute atomic E-state index is 14.3. The van der Waals surface area contributed by atoms with Crippen LogP contribution in [0, 0.1) is 0 Å². The SMILES string of the molecule is COc1cccc(OC)c1-c1ccc(C[C@H](NCC2(S(=O)(=O)CCO[Si](C)(C)C(C)(C)C)CCCN(C(=O)OC(C)(C)C)C2)C(=O)O)cc1. The van der Waals surface area contributed by atoms with Gasteiger partial charge in [0.05, 0.1) is 25.5 Å². The maximum Gasteiger partial charge on any atom is 0.410 e. The first-order valence-electron chi connectivity index (χ1n) is 16.8. The van der Waals surface area contributed by atoms with Crippen LogP contribution in [0.5, 0.6) is 11.5 Å². The summed E-state index contributed by atoms with van der Waals surface area (Å²) in [6.45, 7) is 15.8. The first kappa shape index (κ1) is 40.3. The minimum atomic E-state index is -3.90. The highest BCUT2D eigenvalue weighted by Gasteiger charge is 2.49. The molecular formula is C36H56N2O9SSi. The fourth-order valence-electron chi connectivity index (χ4n) is 5.66. The van der Waals surface area contributed by atoms with Crippen molar-refractivity contribution in [2.75, 3.05) is 46.2 Å². The molecule has 2 aromatic carbocycles. The summed E-state index contributed by atoms with van der Waals surface area (Å²) in [4.78, 5) is 27.1. The van der Waals surface area contributed by atoms with Crippen LogP contribution in [0.3, 0.4) is 0 Å². The lowest BCUT2D eigenvalue weighted by molar-refractivity contribution is -0.139. The summed E-state index contributed by atoms with van der Waals surface area (Å²) in [6.07, 6.45) is 0.211. The van der Waals surface area contributed by atoms with E-state index in [-0.39, 0.29) is 43.3 Å². The molecule has 2 aromatic rings. The summed E-state index contributed by atoms with van der Waals surface area (Å²) >= 11 is 0. The van der Waals surface area contributed by atoms with Crippen molar-refractivity contribution in [3.63, 3.8) is 0 Å². The van der Waals surface area contributed by atoms with Crippen molar-refractivity contribution < 1.29 is 41.7 Å². The number of piperidine rings is 1. The average molecular weight is 721 g/mol. The van der Waals surface area contributed by atoms with Gasteiger partial charge in [0.15, 0.2) is 18.2 Å². The van der Waals surface area contributed by atoms with Crippen molar-refractivity contribution in [2.24, 2.45) is 0 Å². The highest BCUT2D eigenvalue weighted by atomic mass is 32.2. The molecule has 49 heavy (non-hydrogen) atoms. The lowest BCUT2D eigenvalue weighted by atomic mass is 9.95. The van der Waals surface area contributed by atoms with Crippen LogP contribution in [0.25, 0.3) is 11.1 Å². The maximum atomic E-state index is 14.3. The van der Waals surface area contributed by atoms with E-state index in [0.29, 0.717) is 24.5 Å². The molecule has 1 fully saturated rings. The predicted molar refractivity (Wildman–Crippen MR) is 195 cm³/mol. The van der Waals surface area contributed by atoms with Crippen LogP contribution >= 0.6 is 0 Å². The third-order valence-electron chi connectivity index (χ3n) is 9.55. The first-order valence-corrected chi connectivity index (χ1v) is 21.3. The Labute approximate surface area is 293 Å². The largest absolute Gasteiger partial charge is 0.496 e.